The Morgan fingerprint density at radius 1 is 1.29 bits per heavy atom. The maximum absolute atomic E-state index is 6.15. The lowest BCUT2D eigenvalue weighted by molar-refractivity contribution is -0.0895. The topological polar surface area (TPSA) is 30.5 Å². The highest BCUT2D eigenvalue weighted by atomic mass is 16.5. The molecule has 1 aliphatic carbocycles. The number of rotatable bonds is 6. The first-order valence-corrected chi connectivity index (χ1v) is 8.35. The van der Waals surface area contributed by atoms with E-state index in [9.17, 15) is 0 Å². The van der Waals surface area contributed by atoms with Crippen LogP contribution in [0.2, 0.25) is 0 Å². The van der Waals surface area contributed by atoms with Crippen molar-refractivity contribution in [3.05, 3.63) is 29.8 Å². The van der Waals surface area contributed by atoms with Gasteiger partial charge in [0.05, 0.1) is 17.7 Å². The molecule has 1 aliphatic heterocycles. The summed E-state index contributed by atoms with van der Waals surface area (Å²) in [4.78, 5) is 0. The minimum atomic E-state index is -0.104. The molecule has 1 saturated heterocycles. The zero-order chi connectivity index (χ0) is 14.7. The molecule has 0 spiro atoms. The monoisotopic (exact) mass is 289 g/mol. The second-order valence-electron chi connectivity index (χ2n) is 6.50. The third kappa shape index (κ3) is 3.58. The summed E-state index contributed by atoms with van der Waals surface area (Å²) in [5.41, 5.74) is 1.19. The predicted octanol–water partition coefficient (Wildman–Crippen LogP) is 3.84. The number of nitrogens with one attached hydrogen (secondary N) is 1. The predicted molar refractivity (Wildman–Crippen MR) is 84.7 cm³/mol. The van der Waals surface area contributed by atoms with Crippen molar-refractivity contribution in [1.29, 1.82) is 0 Å². The maximum atomic E-state index is 6.15. The third-order valence-corrected chi connectivity index (χ3v) is 4.56. The van der Waals surface area contributed by atoms with Gasteiger partial charge in [0.15, 0.2) is 0 Å². The van der Waals surface area contributed by atoms with Crippen molar-refractivity contribution >= 4 is 0 Å². The Bertz CT molecular complexity index is 447. The highest BCUT2D eigenvalue weighted by Gasteiger charge is 2.37. The molecule has 3 nitrogen and oxygen atoms in total. The smallest absolute Gasteiger partial charge is 0.119 e. The van der Waals surface area contributed by atoms with E-state index in [0.29, 0.717) is 6.10 Å². The van der Waals surface area contributed by atoms with Crippen molar-refractivity contribution in [2.45, 2.75) is 63.7 Å². The first-order chi connectivity index (χ1) is 10.2. The van der Waals surface area contributed by atoms with Gasteiger partial charge in [-0.25, -0.2) is 0 Å². The summed E-state index contributed by atoms with van der Waals surface area (Å²) in [6.45, 7) is 6.23. The second kappa shape index (κ2) is 6.37. The van der Waals surface area contributed by atoms with Crippen LogP contribution >= 0.6 is 0 Å². The van der Waals surface area contributed by atoms with E-state index in [1.165, 1.54) is 31.2 Å². The van der Waals surface area contributed by atoms with Crippen LogP contribution in [0.5, 0.6) is 5.75 Å². The van der Waals surface area contributed by atoms with Gasteiger partial charge >= 0.3 is 0 Å². The molecule has 2 aliphatic rings. The lowest BCUT2D eigenvalue weighted by Gasteiger charge is -2.41. The number of benzene rings is 1. The van der Waals surface area contributed by atoms with E-state index >= 15 is 0 Å². The Balaban J connectivity index is 1.75. The average Bonchev–Trinajstić information content (AvgIpc) is 3.30. The number of hydrogen-bond donors (Lipinski definition) is 1. The van der Waals surface area contributed by atoms with Crippen LogP contribution in [-0.2, 0) is 4.74 Å². The summed E-state index contributed by atoms with van der Waals surface area (Å²) >= 11 is 0. The average molecular weight is 289 g/mol. The second-order valence-corrected chi connectivity index (χ2v) is 6.50. The zero-order valence-corrected chi connectivity index (χ0v) is 13.2. The van der Waals surface area contributed by atoms with E-state index in [2.05, 4.69) is 43.4 Å². The Morgan fingerprint density at radius 3 is 2.62 bits per heavy atom. The Morgan fingerprint density at radius 2 is 2.05 bits per heavy atom. The zero-order valence-electron chi connectivity index (χ0n) is 13.2. The third-order valence-electron chi connectivity index (χ3n) is 4.56. The molecule has 2 atom stereocenters. The summed E-state index contributed by atoms with van der Waals surface area (Å²) in [6, 6.07) is 8.83. The van der Waals surface area contributed by atoms with Crippen LogP contribution in [0.25, 0.3) is 0 Å². The molecule has 0 aromatic heterocycles. The van der Waals surface area contributed by atoms with Gasteiger partial charge in [-0.15, -0.1) is 0 Å². The highest BCUT2D eigenvalue weighted by Crippen LogP contribution is 2.37. The van der Waals surface area contributed by atoms with E-state index < -0.39 is 0 Å². The van der Waals surface area contributed by atoms with Gasteiger partial charge in [0.25, 0.3) is 0 Å². The summed E-state index contributed by atoms with van der Waals surface area (Å²) in [7, 11) is 0. The molecular weight excluding hydrogens is 262 g/mol. The molecule has 1 heterocycles. The summed E-state index contributed by atoms with van der Waals surface area (Å²) in [5, 5.41) is 3.62. The molecule has 0 amide bonds. The quantitative estimate of drug-likeness (QED) is 0.863. The Kier molecular flexibility index (Phi) is 4.51. The fourth-order valence-corrected chi connectivity index (χ4v) is 3.19. The lowest BCUT2D eigenvalue weighted by atomic mass is 9.84. The van der Waals surface area contributed by atoms with Crippen LogP contribution in [0, 0.1) is 0 Å². The van der Waals surface area contributed by atoms with Gasteiger partial charge in [0, 0.05) is 6.61 Å². The lowest BCUT2D eigenvalue weighted by Crippen LogP contribution is -2.45. The molecule has 3 heteroatoms. The minimum absolute atomic E-state index is 0.104. The van der Waals surface area contributed by atoms with Gasteiger partial charge in [-0.3, -0.25) is 0 Å². The summed E-state index contributed by atoms with van der Waals surface area (Å²) < 4.78 is 12.0. The van der Waals surface area contributed by atoms with E-state index in [4.69, 9.17) is 9.47 Å². The number of likely N-dealkylation sites (N-methyl/N-ethyl adjacent to an activating group) is 1. The van der Waals surface area contributed by atoms with Crippen molar-refractivity contribution in [3.63, 3.8) is 0 Å². The maximum Gasteiger partial charge on any atom is 0.119 e. The summed E-state index contributed by atoms with van der Waals surface area (Å²) in [5.74, 6) is 0.992. The van der Waals surface area contributed by atoms with E-state index in [1.807, 2.05) is 0 Å². The Labute approximate surface area is 128 Å². The van der Waals surface area contributed by atoms with Crippen molar-refractivity contribution < 1.29 is 9.47 Å². The first-order valence-electron chi connectivity index (χ1n) is 8.35. The standard InChI is InChI=1S/C18H27NO2/c1-3-19-17(18(2)12-4-5-13-20-18)14-6-8-15(9-7-14)21-16-10-11-16/h6-9,16-17,19H,3-5,10-13H2,1-2H3. The molecule has 2 fully saturated rings. The normalized spacial score (nSPS) is 27.3. The van der Waals surface area contributed by atoms with Gasteiger partial charge in [0.2, 0.25) is 0 Å². The van der Waals surface area contributed by atoms with Crippen LogP contribution in [-0.4, -0.2) is 24.9 Å². The van der Waals surface area contributed by atoms with Crippen LogP contribution in [0.15, 0.2) is 24.3 Å². The fraction of sp³-hybridized carbons (Fsp3) is 0.667. The van der Waals surface area contributed by atoms with Crippen molar-refractivity contribution in [3.8, 4) is 5.75 Å². The largest absolute Gasteiger partial charge is 0.490 e. The van der Waals surface area contributed by atoms with E-state index in [0.717, 1.165) is 25.3 Å². The molecule has 2 unspecified atom stereocenters. The van der Waals surface area contributed by atoms with Crippen LogP contribution in [0.4, 0.5) is 0 Å². The van der Waals surface area contributed by atoms with E-state index in [1.54, 1.807) is 0 Å². The van der Waals surface area contributed by atoms with Gasteiger partial charge in [-0.2, -0.15) is 0 Å². The number of hydrogen-bond acceptors (Lipinski definition) is 3. The van der Waals surface area contributed by atoms with Crippen LogP contribution in [0.1, 0.15) is 57.6 Å². The summed E-state index contributed by atoms with van der Waals surface area (Å²) in [6.07, 6.45) is 6.41. The van der Waals surface area contributed by atoms with Crippen LogP contribution in [0.3, 0.4) is 0 Å². The molecule has 0 bridgehead atoms. The van der Waals surface area contributed by atoms with Crippen molar-refractivity contribution in [2.24, 2.45) is 0 Å². The van der Waals surface area contributed by atoms with Gasteiger partial charge < -0.3 is 14.8 Å². The SMILES string of the molecule is CCNC(c1ccc(OC2CC2)cc1)C1(C)CCCCO1. The van der Waals surface area contributed by atoms with Crippen molar-refractivity contribution in [2.75, 3.05) is 13.2 Å². The molecule has 116 valence electrons. The fourth-order valence-electron chi connectivity index (χ4n) is 3.19. The highest BCUT2D eigenvalue weighted by molar-refractivity contribution is 5.31. The van der Waals surface area contributed by atoms with Crippen molar-refractivity contribution in [1.82, 2.24) is 5.32 Å². The Hall–Kier alpha value is -1.06. The molecular formula is C18H27NO2. The first kappa shape index (κ1) is 14.9. The van der Waals surface area contributed by atoms with Crippen LogP contribution < -0.4 is 10.1 Å². The molecule has 1 saturated carbocycles. The molecule has 1 aromatic carbocycles. The molecule has 0 radical (unpaired) electrons. The van der Waals surface area contributed by atoms with Gasteiger partial charge in [-0.1, -0.05) is 19.1 Å². The van der Waals surface area contributed by atoms with Gasteiger partial charge in [0.1, 0.15) is 5.75 Å². The van der Waals surface area contributed by atoms with E-state index in [-0.39, 0.29) is 11.6 Å². The molecule has 1 N–H and O–H groups in total. The van der Waals surface area contributed by atoms with Gasteiger partial charge in [-0.05, 0) is 63.3 Å². The molecule has 1 aromatic rings. The minimum Gasteiger partial charge on any atom is -0.490 e. The molecule has 21 heavy (non-hydrogen) atoms. The number of ether oxygens (including phenoxy) is 2. The molecule has 3 rings (SSSR count).